The summed E-state index contributed by atoms with van der Waals surface area (Å²) in [6.07, 6.45) is 1.25. The maximum absolute atomic E-state index is 11.2. The molecule has 20 heavy (non-hydrogen) atoms. The molecule has 1 heterocycles. The monoisotopic (exact) mass is 267 g/mol. The summed E-state index contributed by atoms with van der Waals surface area (Å²) in [6, 6.07) is 13.5. The lowest BCUT2D eigenvalue weighted by molar-refractivity contribution is -0.111. The molecule has 1 amide bonds. The standard InChI is InChI=1S/C16H17N3O/c1-3-16(20)19-14-9-7-13(8-10-14)11-17-15-6-4-5-12(2)18-15/h3-10H,1,11H2,2H3,(H,17,18)(H,19,20). The molecule has 0 fully saturated rings. The third kappa shape index (κ3) is 3.95. The van der Waals surface area contributed by atoms with Crippen LogP contribution in [0.3, 0.4) is 0 Å². The number of benzene rings is 1. The summed E-state index contributed by atoms with van der Waals surface area (Å²) in [5, 5.41) is 5.97. The van der Waals surface area contributed by atoms with Crippen molar-refractivity contribution >= 4 is 17.4 Å². The second-order valence-electron chi connectivity index (χ2n) is 4.41. The number of amides is 1. The fraction of sp³-hybridized carbons (Fsp3) is 0.125. The molecule has 0 atom stereocenters. The van der Waals surface area contributed by atoms with Crippen LogP contribution in [-0.4, -0.2) is 10.9 Å². The summed E-state index contributed by atoms with van der Waals surface area (Å²) in [5.74, 6) is 0.647. The van der Waals surface area contributed by atoms with Gasteiger partial charge >= 0.3 is 0 Å². The van der Waals surface area contributed by atoms with Crippen molar-refractivity contribution in [2.24, 2.45) is 0 Å². The van der Waals surface area contributed by atoms with E-state index in [0.717, 1.165) is 22.8 Å². The van der Waals surface area contributed by atoms with Crippen LogP contribution in [0.2, 0.25) is 0 Å². The topological polar surface area (TPSA) is 54.0 Å². The quantitative estimate of drug-likeness (QED) is 0.818. The third-order valence-electron chi connectivity index (χ3n) is 2.77. The number of anilines is 2. The minimum atomic E-state index is -0.208. The van der Waals surface area contributed by atoms with E-state index in [0.29, 0.717) is 6.54 Å². The Bertz CT molecular complexity index is 605. The zero-order chi connectivity index (χ0) is 14.4. The minimum absolute atomic E-state index is 0.208. The lowest BCUT2D eigenvalue weighted by Gasteiger charge is -2.07. The molecule has 0 unspecified atom stereocenters. The van der Waals surface area contributed by atoms with Gasteiger partial charge in [-0.2, -0.15) is 0 Å². The number of carbonyl (C=O) groups is 1. The van der Waals surface area contributed by atoms with Crippen LogP contribution in [-0.2, 0) is 11.3 Å². The first-order valence-electron chi connectivity index (χ1n) is 6.37. The highest BCUT2D eigenvalue weighted by atomic mass is 16.1. The highest BCUT2D eigenvalue weighted by molar-refractivity contribution is 5.98. The minimum Gasteiger partial charge on any atom is -0.366 e. The molecule has 2 aromatic rings. The number of nitrogens with one attached hydrogen (secondary N) is 2. The predicted molar refractivity (Wildman–Crippen MR) is 81.6 cm³/mol. The fourth-order valence-corrected chi connectivity index (χ4v) is 1.73. The number of nitrogens with zero attached hydrogens (tertiary/aromatic N) is 1. The average Bonchev–Trinajstić information content (AvgIpc) is 2.46. The van der Waals surface area contributed by atoms with Gasteiger partial charge < -0.3 is 10.6 Å². The Hall–Kier alpha value is -2.62. The van der Waals surface area contributed by atoms with E-state index < -0.39 is 0 Å². The molecular weight excluding hydrogens is 250 g/mol. The summed E-state index contributed by atoms with van der Waals surface area (Å²) in [7, 11) is 0. The summed E-state index contributed by atoms with van der Waals surface area (Å²) in [4.78, 5) is 15.5. The van der Waals surface area contributed by atoms with Crippen LogP contribution in [0.4, 0.5) is 11.5 Å². The summed E-state index contributed by atoms with van der Waals surface area (Å²) >= 11 is 0. The van der Waals surface area contributed by atoms with Gasteiger partial charge in [-0.05, 0) is 42.8 Å². The van der Waals surface area contributed by atoms with Gasteiger partial charge in [-0.25, -0.2) is 4.98 Å². The Morgan fingerprint density at radius 1 is 1.25 bits per heavy atom. The first kappa shape index (κ1) is 13.8. The van der Waals surface area contributed by atoms with Crippen LogP contribution in [0, 0.1) is 6.92 Å². The molecule has 0 saturated heterocycles. The van der Waals surface area contributed by atoms with Crippen molar-refractivity contribution in [1.82, 2.24) is 4.98 Å². The smallest absolute Gasteiger partial charge is 0.247 e. The number of aryl methyl sites for hydroxylation is 1. The van der Waals surface area contributed by atoms with Crippen LogP contribution in [0.15, 0.2) is 55.1 Å². The van der Waals surface area contributed by atoms with Crippen molar-refractivity contribution in [2.75, 3.05) is 10.6 Å². The van der Waals surface area contributed by atoms with Crippen molar-refractivity contribution in [3.05, 3.63) is 66.4 Å². The van der Waals surface area contributed by atoms with E-state index in [2.05, 4.69) is 22.2 Å². The molecule has 0 spiro atoms. The van der Waals surface area contributed by atoms with Gasteiger partial charge in [0.1, 0.15) is 5.82 Å². The first-order valence-corrected chi connectivity index (χ1v) is 6.37. The maximum Gasteiger partial charge on any atom is 0.247 e. The van der Waals surface area contributed by atoms with Crippen LogP contribution in [0.25, 0.3) is 0 Å². The van der Waals surface area contributed by atoms with E-state index in [-0.39, 0.29) is 5.91 Å². The molecule has 2 rings (SSSR count). The van der Waals surface area contributed by atoms with Gasteiger partial charge in [-0.15, -0.1) is 0 Å². The highest BCUT2D eigenvalue weighted by Crippen LogP contribution is 2.11. The second-order valence-corrected chi connectivity index (χ2v) is 4.41. The number of hydrogen-bond donors (Lipinski definition) is 2. The van der Waals surface area contributed by atoms with E-state index in [1.807, 2.05) is 49.4 Å². The molecule has 1 aromatic carbocycles. The van der Waals surface area contributed by atoms with Crippen LogP contribution >= 0.6 is 0 Å². The zero-order valence-corrected chi connectivity index (χ0v) is 11.4. The largest absolute Gasteiger partial charge is 0.366 e. The average molecular weight is 267 g/mol. The first-order chi connectivity index (χ1) is 9.67. The van der Waals surface area contributed by atoms with Crippen LogP contribution < -0.4 is 10.6 Å². The van der Waals surface area contributed by atoms with E-state index in [4.69, 9.17) is 0 Å². The number of carbonyl (C=O) groups excluding carboxylic acids is 1. The Labute approximate surface area is 118 Å². The number of aromatic nitrogens is 1. The Morgan fingerprint density at radius 2 is 2.00 bits per heavy atom. The van der Waals surface area contributed by atoms with Gasteiger partial charge in [-0.3, -0.25) is 4.79 Å². The Balaban J connectivity index is 1.94. The third-order valence-corrected chi connectivity index (χ3v) is 2.77. The SMILES string of the molecule is C=CC(=O)Nc1ccc(CNc2cccc(C)n2)cc1. The van der Waals surface area contributed by atoms with E-state index in [1.54, 1.807) is 0 Å². The van der Waals surface area contributed by atoms with Gasteiger partial charge in [0, 0.05) is 17.9 Å². The second kappa shape index (κ2) is 6.52. The summed E-state index contributed by atoms with van der Waals surface area (Å²) < 4.78 is 0. The zero-order valence-electron chi connectivity index (χ0n) is 11.4. The lowest BCUT2D eigenvalue weighted by atomic mass is 10.2. The summed E-state index contributed by atoms with van der Waals surface area (Å²) in [5.41, 5.74) is 2.86. The molecular formula is C16H17N3O. The van der Waals surface area contributed by atoms with E-state index >= 15 is 0 Å². The van der Waals surface area contributed by atoms with Crippen LogP contribution in [0.1, 0.15) is 11.3 Å². The van der Waals surface area contributed by atoms with Gasteiger partial charge in [0.05, 0.1) is 0 Å². The number of hydrogen-bond acceptors (Lipinski definition) is 3. The Morgan fingerprint density at radius 3 is 2.65 bits per heavy atom. The molecule has 4 heteroatoms. The van der Waals surface area contributed by atoms with Crippen molar-refractivity contribution in [1.29, 1.82) is 0 Å². The molecule has 0 radical (unpaired) electrons. The highest BCUT2D eigenvalue weighted by Gasteiger charge is 1.98. The predicted octanol–water partition coefficient (Wildman–Crippen LogP) is 3.13. The van der Waals surface area contributed by atoms with E-state index in [1.165, 1.54) is 6.08 Å². The van der Waals surface area contributed by atoms with Gasteiger partial charge in [-0.1, -0.05) is 24.8 Å². The van der Waals surface area contributed by atoms with Gasteiger partial charge in [0.15, 0.2) is 0 Å². The van der Waals surface area contributed by atoms with Crippen molar-refractivity contribution < 1.29 is 4.79 Å². The van der Waals surface area contributed by atoms with Gasteiger partial charge in [0.25, 0.3) is 0 Å². The van der Waals surface area contributed by atoms with Crippen molar-refractivity contribution in [3.63, 3.8) is 0 Å². The molecule has 0 aliphatic rings. The van der Waals surface area contributed by atoms with E-state index in [9.17, 15) is 4.79 Å². The molecule has 4 nitrogen and oxygen atoms in total. The number of pyridine rings is 1. The molecule has 102 valence electrons. The van der Waals surface area contributed by atoms with Crippen molar-refractivity contribution in [3.8, 4) is 0 Å². The molecule has 0 aliphatic carbocycles. The normalized spacial score (nSPS) is 9.85. The molecule has 0 aliphatic heterocycles. The fourth-order valence-electron chi connectivity index (χ4n) is 1.73. The van der Waals surface area contributed by atoms with Crippen molar-refractivity contribution in [2.45, 2.75) is 13.5 Å². The number of rotatable bonds is 5. The lowest BCUT2D eigenvalue weighted by Crippen LogP contribution is -2.07. The van der Waals surface area contributed by atoms with Crippen LogP contribution in [0.5, 0.6) is 0 Å². The molecule has 1 aromatic heterocycles. The Kier molecular flexibility index (Phi) is 4.50. The maximum atomic E-state index is 11.2. The molecule has 0 bridgehead atoms. The molecule has 0 saturated carbocycles. The molecule has 2 N–H and O–H groups in total. The summed E-state index contributed by atoms with van der Waals surface area (Å²) in [6.45, 7) is 6.06. The van der Waals surface area contributed by atoms with Gasteiger partial charge in [0.2, 0.25) is 5.91 Å².